The third kappa shape index (κ3) is 9.05. The van der Waals surface area contributed by atoms with E-state index in [1.165, 1.54) is 21.5 Å². The van der Waals surface area contributed by atoms with Crippen LogP contribution in [0, 0.1) is 0 Å². The molecule has 6 aromatic carbocycles. The Morgan fingerprint density at radius 1 is 0.465 bits per heavy atom. The van der Waals surface area contributed by atoms with Crippen molar-refractivity contribution in [3.8, 4) is 23.0 Å². The molecular formula is C36H35BrN2O4. The van der Waals surface area contributed by atoms with Crippen molar-refractivity contribution in [3.63, 3.8) is 0 Å². The van der Waals surface area contributed by atoms with E-state index in [9.17, 15) is 0 Å². The van der Waals surface area contributed by atoms with Crippen LogP contribution < -0.4 is 30.0 Å². The molecule has 7 heteroatoms. The van der Waals surface area contributed by atoms with Gasteiger partial charge in [0.2, 0.25) is 0 Å². The van der Waals surface area contributed by atoms with Crippen LogP contribution in [0.2, 0.25) is 0 Å². The van der Waals surface area contributed by atoms with Crippen molar-refractivity contribution < 1.29 is 18.9 Å². The molecule has 6 aromatic rings. The lowest BCUT2D eigenvalue weighted by atomic mass is 10.1. The van der Waals surface area contributed by atoms with E-state index in [1.54, 1.807) is 28.4 Å². The number of fused-ring (bicyclic) bond motifs is 2. The Morgan fingerprint density at radius 2 is 0.907 bits per heavy atom. The fourth-order valence-corrected chi connectivity index (χ4v) is 4.75. The molecule has 0 fully saturated rings. The van der Waals surface area contributed by atoms with Crippen molar-refractivity contribution in [2.45, 2.75) is 0 Å². The van der Waals surface area contributed by atoms with Crippen molar-refractivity contribution in [2.75, 3.05) is 39.5 Å². The summed E-state index contributed by atoms with van der Waals surface area (Å²) in [4.78, 5) is 0. The molecule has 6 rings (SSSR count). The highest BCUT2D eigenvalue weighted by atomic mass is 79.9. The molecule has 0 atom stereocenters. The summed E-state index contributed by atoms with van der Waals surface area (Å²) in [7, 11) is 6.55. The quantitative estimate of drug-likeness (QED) is 0.177. The molecule has 0 aliphatic rings. The Kier molecular flexibility index (Phi) is 11.1. The van der Waals surface area contributed by atoms with Gasteiger partial charge >= 0.3 is 0 Å². The van der Waals surface area contributed by atoms with Gasteiger partial charge in [0.05, 0.1) is 28.4 Å². The summed E-state index contributed by atoms with van der Waals surface area (Å²) in [5.74, 6) is 3.10. The topological polar surface area (TPSA) is 75.0 Å². The van der Waals surface area contributed by atoms with Crippen LogP contribution in [-0.4, -0.2) is 28.4 Å². The Morgan fingerprint density at radius 3 is 1.42 bits per heavy atom. The monoisotopic (exact) mass is 638 g/mol. The molecule has 43 heavy (non-hydrogen) atoms. The average molecular weight is 640 g/mol. The van der Waals surface area contributed by atoms with E-state index < -0.39 is 0 Å². The lowest BCUT2D eigenvalue weighted by Gasteiger charge is -2.11. The first kappa shape index (κ1) is 31.1. The van der Waals surface area contributed by atoms with E-state index in [0.717, 1.165) is 44.5 Å². The first-order valence-corrected chi connectivity index (χ1v) is 14.3. The van der Waals surface area contributed by atoms with Gasteiger partial charge in [0.25, 0.3) is 0 Å². The first-order chi connectivity index (χ1) is 20.9. The van der Waals surface area contributed by atoms with Crippen LogP contribution in [0.15, 0.2) is 126 Å². The summed E-state index contributed by atoms with van der Waals surface area (Å²) >= 11 is 3.33. The van der Waals surface area contributed by atoms with Gasteiger partial charge < -0.3 is 30.0 Å². The van der Waals surface area contributed by atoms with Gasteiger partial charge in [-0.2, -0.15) is 0 Å². The highest BCUT2D eigenvalue weighted by molar-refractivity contribution is 9.10. The number of anilines is 3. The third-order valence-corrected chi connectivity index (χ3v) is 6.94. The van der Waals surface area contributed by atoms with Crippen molar-refractivity contribution >= 4 is 54.5 Å². The van der Waals surface area contributed by atoms with Crippen LogP contribution in [0.3, 0.4) is 0 Å². The van der Waals surface area contributed by atoms with Gasteiger partial charge in [0, 0.05) is 45.8 Å². The van der Waals surface area contributed by atoms with Crippen LogP contribution >= 0.6 is 15.9 Å². The Labute approximate surface area is 261 Å². The van der Waals surface area contributed by atoms with Crippen LogP contribution in [0.25, 0.3) is 21.5 Å². The number of nitrogens with one attached hydrogen (secondary N) is 1. The summed E-state index contributed by atoms with van der Waals surface area (Å²) < 4.78 is 21.6. The van der Waals surface area contributed by atoms with Gasteiger partial charge in [0.15, 0.2) is 0 Å². The number of methoxy groups -OCH3 is 4. The molecule has 0 heterocycles. The highest BCUT2D eigenvalue weighted by Crippen LogP contribution is 2.29. The SMILES string of the molecule is COc1cc(Br)cc(OC)c1.COc1cc(Nc2ccc3ccccc3c2)cc(OC)c1.Nc1ccc2ccccc2c1. The summed E-state index contributed by atoms with van der Waals surface area (Å²) in [6.45, 7) is 0. The maximum atomic E-state index is 5.62. The van der Waals surface area contributed by atoms with E-state index in [0.29, 0.717) is 0 Å². The zero-order chi connectivity index (χ0) is 30.6. The maximum Gasteiger partial charge on any atom is 0.124 e. The van der Waals surface area contributed by atoms with E-state index in [-0.39, 0.29) is 0 Å². The van der Waals surface area contributed by atoms with Crippen LogP contribution in [-0.2, 0) is 0 Å². The average Bonchev–Trinajstić information content (AvgIpc) is 3.04. The highest BCUT2D eigenvalue weighted by Gasteiger charge is 2.03. The summed E-state index contributed by atoms with van der Waals surface area (Å²) in [5, 5.41) is 8.26. The molecule has 0 aromatic heterocycles. The fraction of sp³-hybridized carbons (Fsp3) is 0.111. The number of rotatable bonds is 6. The largest absolute Gasteiger partial charge is 0.497 e. The summed E-state index contributed by atoms with van der Waals surface area (Å²) in [5.41, 5.74) is 8.41. The Bertz CT molecular complexity index is 1750. The zero-order valence-corrected chi connectivity index (χ0v) is 26.2. The zero-order valence-electron chi connectivity index (χ0n) is 24.6. The number of ether oxygens (including phenoxy) is 4. The number of hydrogen-bond donors (Lipinski definition) is 2. The minimum atomic E-state index is 0.762. The van der Waals surface area contributed by atoms with Crippen molar-refractivity contribution in [1.29, 1.82) is 0 Å². The van der Waals surface area contributed by atoms with Crippen LogP contribution in [0.5, 0.6) is 23.0 Å². The number of hydrogen-bond acceptors (Lipinski definition) is 6. The lowest BCUT2D eigenvalue weighted by Crippen LogP contribution is -1.93. The first-order valence-electron chi connectivity index (χ1n) is 13.5. The second kappa shape index (κ2) is 15.4. The summed E-state index contributed by atoms with van der Waals surface area (Å²) in [6, 6.07) is 40.0. The smallest absolute Gasteiger partial charge is 0.124 e. The molecule has 0 saturated heterocycles. The third-order valence-electron chi connectivity index (χ3n) is 6.48. The number of nitrogen functional groups attached to an aromatic ring is 1. The number of halogens is 1. The normalized spacial score (nSPS) is 10.1. The van der Waals surface area contributed by atoms with Crippen molar-refractivity contribution in [2.24, 2.45) is 0 Å². The van der Waals surface area contributed by atoms with Gasteiger partial charge in [0.1, 0.15) is 23.0 Å². The standard InChI is InChI=1S/C18H17NO2.C10H9N.C8H9BrO2/c1-20-17-10-16(11-18(12-17)21-2)19-15-8-7-13-5-3-4-6-14(13)9-15;11-10-6-5-8-3-1-2-4-9(8)7-10;1-10-7-3-6(9)4-8(5-7)11-2/h3-12,19H,1-2H3;1-7H,11H2;3-5H,1-2H3. The number of nitrogens with two attached hydrogens (primary N) is 1. The molecule has 0 aliphatic heterocycles. The fourth-order valence-electron chi connectivity index (χ4n) is 4.29. The van der Waals surface area contributed by atoms with Crippen LogP contribution in [0.1, 0.15) is 0 Å². The molecule has 0 spiro atoms. The Hall–Kier alpha value is -4.88. The minimum absolute atomic E-state index is 0.762. The van der Waals surface area contributed by atoms with Gasteiger partial charge in [-0.15, -0.1) is 0 Å². The van der Waals surface area contributed by atoms with E-state index in [4.69, 9.17) is 24.7 Å². The minimum Gasteiger partial charge on any atom is -0.497 e. The van der Waals surface area contributed by atoms with Gasteiger partial charge in [-0.05, 0) is 57.9 Å². The molecule has 0 saturated carbocycles. The molecule has 0 unspecified atom stereocenters. The second-order valence-corrected chi connectivity index (χ2v) is 10.3. The van der Waals surface area contributed by atoms with Crippen molar-refractivity contribution in [1.82, 2.24) is 0 Å². The molecule has 220 valence electrons. The summed E-state index contributed by atoms with van der Waals surface area (Å²) in [6.07, 6.45) is 0. The predicted molar refractivity (Wildman–Crippen MR) is 182 cm³/mol. The molecular weight excluding hydrogens is 604 g/mol. The van der Waals surface area contributed by atoms with Gasteiger partial charge in [-0.25, -0.2) is 0 Å². The van der Waals surface area contributed by atoms with Gasteiger partial charge in [-0.3, -0.25) is 0 Å². The van der Waals surface area contributed by atoms with E-state index in [1.807, 2.05) is 78.9 Å². The lowest BCUT2D eigenvalue weighted by molar-refractivity contribution is 0.394. The van der Waals surface area contributed by atoms with Crippen LogP contribution in [0.4, 0.5) is 17.1 Å². The molecule has 3 N–H and O–H groups in total. The van der Waals surface area contributed by atoms with E-state index in [2.05, 4.69) is 63.7 Å². The Balaban J connectivity index is 0.000000162. The molecule has 6 nitrogen and oxygen atoms in total. The molecule has 0 bridgehead atoms. The predicted octanol–water partition coefficient (Wildman–Crippen LogP) is 9.49. The number of benzene rings is 6. The van der Waals surface area contributed by atoms with E-state index >= 15 is 0 Å². The molecule has 0 radical (unpaired) electrons. The molecule has 0 aliphatic carbocycles. The maximum absolute atomic E-state index is 5.62. The van der Waals surface area contributed by atoms with Crippen molar-refractivity contribution in [3.05, 3.63) is 126 Å². The van der Waals surface area contributed by atoms with Gasteiger partial charge in [-0.1, -0.05) is 76.6 Å². The second-order valence-electron chi connectivity index (χ2n) is 9.43. The molecule has 0 amide bonds.